The lowest BCUT2D eigenvalue weighted by atomic mass is 9.89. The van der Waals surface area contributed by atoms with Gasteiger partial charge in [-0.2, -0.15) is 0 Å². The Labute approximate surface area is 95.1 Å². The van der Waals surface area contributed by atoms with Crippen molar-refractivity contribution >= 4 is 0 Å². The summed E-state index contributed by atoms with van der Waals surface area (Å²) in [4.78, 5) is 0. The minimum atomic E-state index is -0.543. The third kappa shape index (κ3) is 1.59. The lowest BCUT2D eigenvalue weighted by molar-refractivity contribution is 0.147. The van der Waals surface area contributed by atoms with Gasteiger partial charge in [-0.05, 0) is 44.4 Å². The first kappa shape index (κ1) is 11.4. The maximum absolute atomic E-state index is 14.0. The Hall–Kier alpha value is -1.09. The summed E-state index contributed by atoms with van der Waals surface area (Å²) < 4.78 is 19.2. The van der Waals surface area contributed by atoms with Crippen LogP contribution in [0.5, 0.6) is 5.75 Å². The SMILES string of the molecule is COc1cc(C)cc(F)c1C1(C(C)O)CC1. The van der Waals surface area contributed by atoms with Crippen LogP contribution >= 0.6 is 0 Å². The summed E-state index contributed by atoms with van der Waals surface area (Å²) in [6.07, 6.45) is 1.10. The monoisotopic (exact) mass is 224 g/mol. The average Bonchev–Trinajstić information content (AvgIpc) is 2.97. The van der Waals surface area contributed by atoms with Crippen LogP contribution in [0.15, 0.2) is 12.1 Å². The number of methoxy groups -OCH3 is 1. The Morgan fingerprint density at radius 1 is 1.44 bits per heavy atom. The summed E-state index contributed by atoms with van der Waals surface area (Å²) in [7, 11) is 1.54. The second kappa shape index (κ2) is 3.74. The summed E-state index contributed by atoms with van der Waals surface area (Å²) in [6, 6.07) is 3.32. The van der Waals surface area contributed by atoms with E-state index < -0.39 is 11.5 Å². The molecule has 16 heavy (non-hydrogen) atoms. The largest absolute Gasteiger partial charge is 0.496 e. The van der Waals surface area contributed by atoms with Crippen LogP contribution in [0.3, 0.4) is 0 Å². The fourth-order valence-electron chi connectivity index (χ4n) is 2.37. The molecule has 0 heterocycles. The summed E-state index contributed by atoms with van der Waals surface area (Å²) in [6.45, 7) is 3.54. The maximum Gasteiger partial charge on any atom is 0.131 e. The molecule has 0 aromatic heterocycles. The standard InChI is InChI=1S/C13H17FO2/c1-8-6-10(14)12(11(7-8)16-3)13(4-5-13)9(2)15/h6-7,9,15H,4-5H2,1-3H3. The zero-order valence-corrected chi connectivity index (χ0v) is 9.88. The van der Waals surface area contributed by atoms with E-state index in [1.165, 1.54) is 13.2 Å². The molecular formula is C13H17FO2. The fraction of sp³-hybridized carbons (Fsp3) is 0.538. The van der Waals surface area contributed by atoms with E-state index >= 15 is 0 Å². The van der Waals surface area contributed by atoms with Gasteiger partial charge in [-0.15, -0.1) is 0 Å². The van der Waals surface area contributed by atoms with E-state index in [1.807, 2.05) is 13.0 Å². The molecule has 2 nitrogen and oxygen atoms in total. The van der Waals surface area contributed by atoms with Gasteiger partial charge in [0, 0.05) is 11.0 Å². The highest BCUT2D eigenvalue weighted by atomic mass is 19.1. The summed E-state index contributed by atoms with van der Waals surface area (Å²) in [5.74, 6) is 0.283. The molecule has 1 N–H and O–H groups in total. The van der Waals surface area contributed by atoms with Gasteiger partial charge in [-0.3, -0.25) is 0 Å². The molecule has 0 bridgehead atoms. The van der Waals surface area contributed by atoms with Gasteiger partial charge >= 0.3 is 0 Å². The number of hydrogen-bond acceptors (Lipinski definition) is 2. The Kier molecular flexibility index (Phi) is 2.66. The lowest BCUT2D eigenvalue weighted by Gasteiger charge is -2.22. The summed E-state index contributed by atoms with van der Waals surface area (Å²) >= 11 is 0. The number of rotatable bonds is 3. The van der Waals surface area contributed by atoms with Gasteiger partial charge in [-0.25, -0.2) is 4.39 Å². The molecule has 0 saturated heterocycles. The molecule has 0 amide bonds. The van der Waals surface area contributed by atoms with Crippen LogP contribution < -0.4 is 4.74 Å². The van der Waals surface area contributed by atoms with Crippen molar-refractivity contribution < 1.29 is 14.2 Å². The van der Waals surface area contributed by atoms with E-state index in [9.17, 15) is 9.50 Å². The Balaban J connectivity index is 2.56. The Bertz CT molecular complexity index is 409. The number of aliphatic hydroxyl groups excluding tert-OH is 1. The van der Waals surface area contributed by atoms with E-state index in [0.29, 0.717) is 11.3 Å². The predicted octanol–water partition coefficient (Wildman–Crippen LogP) is 2.56. The summed E-state index contributed by atoms with van der Waals surface area (Å²) in [5, 5.41) is 9.79. The molecule has 88 valence electrons. The van der Waals surface area contributed by atoms with E-state index in [0.717, 1.165) is 18.4 Å². The van der Waals surface area contributed by atoms with Crippen LogP contribution in [0.25, 0.3) is 0 Å². The van der Waals surface area contributed by atoms with Crippen LogP contribution in [0.4, 0.5) is 4.39 Å². The van der Waals surface area contributed by atoms with Gasteiger partial charge in [0.2, 0.25) is 0 Å². The number of hydrogen-bond donors (Lipinski definition) is 1. The molecule has 1 atom stereocenters. The summed E-state index contributed by atoms with van der Waals surface area (Å²) in [5.41, 5.74) is 0.943. The van der Waals surface area contributed by atoms with Gasteiger partial charge < -0.3 is 9.84 Å². The highest BCUT2D eigenvalue weighted by Gasteiger charge is 2.51. The van der Waals surface area contributed by atoms with Crippen LogP contribution in [0.1, 0.15) is 30.9 Å². The van der Waals surface area contributed by atoms with Crippen LogP contribution in [-0.4, -0.2) is 18.3 Å². The predicted molar refractivity (Wildman–Crippen MR) is 60.3 cm³/mol. The van der Waals surface area contributed by atoms with Crippen molar-refractivity contribution in [1.82, 2.24) is 0 Å². The third-order valence-electron chi connectivity index (χ3n) is 3.50. The van der Waals surface area contributed by atoms with Gasteiger partial charge in [0.25, 0.3) is 0 Å². The third-order valence-corrected chi connectivity index (χ3v) is 3.50. The lowest BCUT2D eigenvalue weighted by Crippen LogP contribution is -2.24. The van der Waals surface area contributed by atoms with Gasteiger partial charge in [0.05, 0.1) is 13.2 Å². The topological polar surface area (TPSA) is 29.5 Å². The number of benzene rings is 1. The zero-order valence-electron chi connectivity index (χ0n) is 9.88. The molecule has 1 saturated carbocycles. The molecule has 1 aliphatic rings. The minimum absolute atomic E-state index is 0.268. The molecule has 1 unspecified atom stereocenters. The van der Waals surface area contributed by atoms with Crippen molar-refractivity contribution in [3.05, 3.63) is 29.1 Å². The van der Waals surface area contributed by atoms with Gasteiger partial charge in [-0.1, -0.05) is 0 Å². The molecule has 1 aromatic rings. The first-order chi connectivity index (χ1) is 7.51. The van der Waals surface area contributed by atoms with Crippen molar-refractivity contribution in [1.29, 1.82) is 0 Å². The highest BCUT2D eigenvalue weighted by Crippen LogP contribution is 2.54. The molecule has 0 radical (unpaired) electrons. The minimum Gasteiger partial charge on any atom is -0.496 e. The fourth-order valence-corrected chi connectivity index (χ4v) is 2.37. The average molecular weight is 224 g/mol. The first-order valence-electron chi connectivity index (χ1n) is 5.54. The Morgan fingerprint density at radius 3 is 2.50 bits per heavy atom. The molecule has 1 fully saturated rings. The maximum atomic E-state index is 14.0. The van der Waals surface area contributed by atoms with Crippen LogP contribution in [-0.2, 0) is 5.41 Å². The van der Waals surface area contributed by atoms with Gasteiger partial charge in [0.15, 0.2) is 0 Å². The second-order valence-electron chi connectivity index (χ2n) is 4.66. The molecule has 2 rings (SSSR count). The van der Waals surface area contributed by atoms with Crippen molar-refractivity contribution in [2.24, 2.45) is 0 Å². The number of aliphatic hydroxyl groups is 1. The quantitative estimate of drug-likeness (QED) is 0.855. The normalized spacial score (nSPS) is 19.3. The first-order valence-corrected chi connectivity index (χ1v) is 5.54. The van der Waals surface area contributed by atoms with Crippen LogP contribution in [0.2, 0.25) is 0 Å². The second-order valence-corrected chi connectivity index (χ2v) is 4.66. The smallest absolute Gasteiger partial charge is 0.131 e. The number of halogens is 1. The molecular weight excluding hydrogens is 207 g/mol. The number of aryl methyl sites for hydroxylation is 1. The van der Waals surface area contributed by atoms with E-state index in [4.69, 9.17) is 4.74 Å². The molecule has 1 aliphatic carbocycles. The van der Waals surface area contributed by atoms with Crippen LogP contribution in [0, 0.1) is 12.7 Å². The van der Waals surface area contributed by atoms with E-state index in [2.05, 4.69) is 0 Å². The zero-order chi connectivity index (χ0) is 11.9. The van der Waals surface area contributed by atoms with Crippen molar-refractivity contribution in [3.63, 3.8) is 0 Å². The number of ether oxygens (including phenoxy) is 1. The Morgan fingerprint density at radius 2 is 2.06 bits per heavy atom. The van der Waals surface area contributed by atoms with Crippen molar-refractivity contribution in [3.8, 4) is 5.75 Å². The van der Waals surface area contributed by atoms with E-state index in [-0.39, 0.29) is 5.82 Å². The van der Waals surface area contributed by atoms with Crippen molar-refractivity contribution in [2.75, 3.05) is 7.11 Å². The molecule has 1 aromatic carbocycles. The molecule has 3 heteroatoms. The van der Waals surface area contributed by atoms with E-state index in [1.54, 1.807) is 6.92 Å². The van der Waals surface area contributed by atoms with Gasteiger partial charge in [0.1, 0.15) is 11.6 Å². The van der Waals surface area contributed by atoms with Crippen molar-refractivity contribution in [2.45, 2.75) is 38.2 Å². The molecule has 0 aliphatic heterocycles. The molecule has 0 spiro atoms. The highest BCUT2D eigenvalue weighted by molar-refractivity contribution is 5.47.